The predicted octanol–water partition coefficient (Wildman–Crippen LogP) is 2.46. The lowest BCUT2D eigenvalue weighted by Gasteiger charge is -2.13. The number of ether oxygens (including phenoxy) is 1. The SMILES string of the molecule is CCCNCc1cccc(C)c1OCc1ncon1. The van der Waals surface area contributed by atoms with Crippen LogP contribution in [0.15, 0.2) is 29.1 Å². The van der Waals surface area contributed by atoms with Gasteiger partial charge in [0, 0.05) is 12.1 Å². The number of aryl methyl sites for hydroxylation is 1. The number of nitrogens with zero attached hydrogens (tertiary/aromatic N) is 2. The number of benzene rings is 1. The summed E-state index contributed by atoms with van der Waals surface area (Å²) in [6, 6.07) is 6.15. The van der Waals surface area contributed by atoms with E-state index in [2.05, 4.69) is 33.0 Å². The summed E-state index contributed by atoms with van der Waals surface area (Å²) >= 11 is 0. The molecule has 0 amide bonds. The Bertz CT molecular complexity index is 497. The maximum Gasteiger partial charge on any atom is 0.213 e. The quantitative estimate of drug-likeness (QED) is 0.776. The van der Waals surface area contributed by atoms with Crippen LogP contribution < -0.4 is 10.1 Å². The summed E-state index contributed by atoms with van der Waals surface area (Å²) in [7, 11) is 0. The fraction of sp³-hybridized carbons (Fsp3) is 0.429. The van der Waals surface area contributed by atoms with E-state index in [9.17, 15) is 0 Å². The normalized spacial score (nSPS) is 10.6. The molecule has 0 aliphatic heterocycles. The third kappa shape index (κ3) is 3.79. The Balaban J connectivity index is 2.04. The zero-order valence-corrected chi connectivity index (χ0v) is 11.3. The molecule has 102 valence electrons. The van der Waals surface area contributed by atoms with Gasteiger partial charge in [-0.2, -0.15) is 4.98 Å². The average molecular weight is 261 g/mol. The lowest BCUT2D eigenvalue weighted by atomic mass is 10.1. The Morgan fingerprint density at radius 2 is 2.26 bits per heavy atom. The highest BCUT2D eigenvalue weighted by molar-refractivity contribution is 5.40. The van der Waals surface area contributed by atoms with Gasteiger partial charge in [0.15, 0.2) is 6.61 Å². The molecule has 5 nitrogen and oxygen atoms in total. The van der Waals surface area contributed by atoms with Crippen LogP contribution in [0.1, 0.15) is 30.3 Å². The van der Waals surface area contributed by atoms with Gasteiger partial charge >= 0.3 is 0 Å². The second-order valence-corrected chi connectivity index (χ2v) is 4.38. The molecule has 0 atom stereocenters. The first kappa shape index (κ1) is 13.5. The molecule has 0 saturated heterocycles. The first-order valence-corrected chi connectivity index (χ1v) is 6.48. The van der Waals surface area contributed by atoms with Crippen molar-refractivity contribution in [2.75, 3.05) is 6.54 Å². The van der Waals surface area contributed by atoms with Gasteiger partial charge < -0.3 is 14.6 Å². The van der Waals surface area contributed by atoms with Crippen molar-refractivity contribution in [1.29, 1.82) is 0 Å². The molecule has 0 saturated carbocycles. The van der Waals surface area contributed by atoms with E-state index in [1.54, 1.807) is 0 Å². The van der Waals surface area contributed by atoms with Gasteiger partial charge in [0.2, 0.25) is 12.2 Å². The molecule has 0 spiro atoms. The molecule has 19 heavy (non-hydrogen) atoms. The van der Waals surface area contributed by atoms with Gasteiger partial charge in [-0.25, -0.2) is 0 Å². The highest BCUT2D eigenvalue weighted by atomic mass is 16.5. The molecule has 0 aliphatic rings. The van der Waals surface area contributed by atoms with Crippen LogP contribution in [-0.4, -0.2) is 16.7 Å². The van der Waals surface area contributed by atoms with Gasteiger partial charge in [0.1, 0.15) is 5.75 Å². The van der Waals surface area contributed by atoms with Gasteiger partial charge in [0.25, 0.3) is 0 Å². The number of rotatable bonds is 7. The van der Waals surface area contributed by atoms with Gasteiger partial charge in [-0.3, -0.25) is 0 Å². The number of nitrogens with one attached hydrogen (secondary N) is 1. The number of para-hydroxylation sites is 1. The van der Waals surface area contributed by atoms with Crippen LogP contribution >= 0.6 is 0 Å². The van der Waals surface area contributed by atoms with Crippen molar-refractivity contribution in [2.24, 2.45) is 0 Å². The standard InChI is InChI=1S/C14H19N3O2/c1-3-7-15-8-12-6-4-5-11(2)14(12)18-9-13-16-10-19-17-13/h4-6,10,15H,3,7-9H2,1-2H3. The molecule has 0 fully saturated rings. The van der Waals surface area contributed by atoms with E-state index in [0.29, 0.717) is 12.4 Å². The maximum atomic E-state index is 5.82. The zero-order chi connectivity index (χ0) is 13.5. The van der Waals surface area contributed by atoms with E-state index in [1.165, 1.54) is 6.39 Å². The molecule has 2 aromatic rings. The Kier molecular flexibility index (Phi) is 4.92. The van der Waals surface area contributed by atoms with Gasteiger partial charge in [-0.1, -0.05) is 30.3 Å². The molecule has 2 rings (SSSR count). The summed E-state index contributed by atoms with van der Waals surface area (Å²) < 4.78 is 10.5. The van der Waals surface area contributed by atoms with Gasteiger partial charge in [-0.05, 0) is 25.5 Å². The highest BCUT2D eigenvalue weighted by Crippen LogP contribution is 2.24. The molecule has 1 aromatic carbocycles. The van der Waals surface area contributed by atoms with Crippen molar-refractivity contribution in [2.45, 2.75) is 33.4 Å². The third-order valence-electron chi connectivity index (χ3n) is 2.79. The van der Waals surface area contributed by atoms with E-state index >= 15 is 0 Å². The number of hydrogen-bond donors (Lipinski definition) is 1. The summed E-state index contributed by atoms with van der Waals surface area (Å²) in [5.74, 6) is 1.45. The van der Waals surface area contributed by atoms with Crippen LogP contribution in [0.25, 0.3) is 0 Å². The van der Waals surface area contributed by atoms with Crippen molar-refractivity contribution in [3.05, 3.63) is 41.5 Å². The van der Waals surface area contributed by atoms with E-state index in [1.807, 2.05) is 19.1 Å². The Labute approximate surface area is 113 Å². The van der Waals surface area contributed by atoms with Crippen molar-refractivity contribution < 1.29 is 9.26 Å². The molecule has 0 radical (unpaired) electrons. The Hall–Kier alpha value is -1.88. The van der Waals surface area contributed by atoms with E-state index in [-0.39, 0.29) is 0 Å². The zero-order valence-electron chi connectivity index (χ0n) is 11.3. The van der Waals surface area contributed by atoms with Crippen molar-refractivity contribution >= 4 is 0 Å². The van der Waals surface area contributed by atoms with E-state index in [0.717, 1.165) is 36.4 Å². The molecule has 0 aliphatic carbocycles. The molecule has 1 aromatic heterocycles. The van der Waals surface area contributed by atoms with Gasteiger partial charge in [0.05, 0.1) is 0 Å². The number of aromatic nitrogens is 2. The summed E-state index contributed by atoms with van der Waals surface area (Å²) in [6.07, 6.45) is 2.42. The summed E-state index contributed by atoms with van der Waals surface area (Å²) in [6.45, 7) is 6.31. The summed E-state index contributed by atoms with van der Waals surface area (Å²) in [4.78, 5) is 3.95. The predicted molar refractivity (Wildman–Crippen MR) is 71.8 cm³/mol. The van der Waals surface area contributed by atoms with Gasteiger partial charge in [-0.15, -0.1) is 0 Å². The van der Waals surface area contributed by atoms with Crippen molar-refractivity contribution in [1.82, 2.24) is 15.5 Å². The first-order chi connectivity index (χ1) is 9.31. The molecule has 1 heterocycles. The summed E-state index contributed by atoms with van der Waals surface area (Å²) in [5, 5.41) is 7.12. The fourth-order valence-electron chi connectivity index (χ4n) is 1.85. The third-order valence-corrected chi connectivity index (χ3v) is 2.79. The summed E-state index contributed by atoms with van der Waals surface area (Å²) in [5.41, 5.74) is 2.26. The minimum atomic E-state index is 0.322. The van der Waals surface area contributed by atoms with E-state index in [4.69, 9.17) is 4.74 Å². The molecular formula is C14H19N3O2. The van der Waals surface area contributed by atoms with Crippen LogP contribution in [0.3, 0.4) is 0 Å². The van der Waals surface area contributed by atoms with Crippen molar-refractivity contribution in [3.63, 3.8) is 0 Å². The van der Waals surface area contributed by atoms with Crippen LogP contribution in [0.4, 0.5) is 0 Å². The maximum absolute atomic E-state index is 5.82. The van der Waals surface area contributed by atoms with Crippen molar-refractivity contribution in [3.8, 4) is 5.75 Å². The second-order valence-electron chi connectivity index (χ2n) is 4.38. The topological polar surface area (TPSA) is 60.2 Å². The smallest absolute Gasteiger partial charge is 0.213 e. The minimum absolute atomic E-state index is 0.322. The highest BCUT2D eigenvalue weighted by Gasteiger charge is 2.08. The molecule has 1 N–H and O–H groups in total. The Morgan fingerprint density at radius 3 is 3.00 bits per heavy atom. The largest absolute Gasteiger partial charge is 0.485 e. The minimum Gasteiger partial charge on any atom is -0.485 e. The first-order valence-electron chi connectivity index (χ1n) is 6.48. The molecule has 0 unspecified atom stereocenters. The van der Waals surface area contributed by atoms with Crippen LogP contribution in [-0.2, 0) is 13.2 Å². The average Bonchev–Trinajstić information content (AvgIpc) is 2.91. The lowest BCUT2D eigenvalue weighted by Crippen LogP contribution is -2.15. The molecular weight excluding hydrogens is 242 g/mol. The molecule has 0 bridgehead atoms. The van der Waals surface area contributed by atoms with Crippen LogP contribution in [0.2, 0.25) is 0 Å². The van der Waals surface area contributed by atoms with Crippen LogP contribution in [0, 0.1) is 6.92 Å². The Morgan fingerprint density at radius 1 is 1.37 bits per heavy atom. The molecule has 5 heteroatoms. The number of hydrogen-bond acceptors (Lipinski definition) is 5. The van der Waals surface area contributed by atoms with E-state index < -0.39 is 0 Å². The van der Waals surface area contributed by atoms with Crippen LogP contribution in [0.5, 0.6) is 5.75 Å². The monoisotopic (exact) mass is 261 g/mol. The fourth-order valence-corrected chi connectivity index (χ4v) is 1.85. The second kappa shape index (κ2) is 6.89. The lowest BCUT2D eigenvalue weighted by molar-refractivity contribution is 0.281.